The van der Waals surface area contributed by atoms with Crippen LogP contribution in [0, 0.1) is 5.92 Å². The molecule has 0 aliphatic carbocycles. The maximum atomic E-state index is 12.7. The van der Waals surface area contributed by atoms with Gasteiger partial charge in [0.05, 0.1) is 17.0 Å². The number of benzene rings is 1. The Morgan fingerprint density at radius 1 is 1.43 bits per heavy atom. The topological polar surface area (TPSA) is 83.6 Å². The monoisotopic (exact) mass is 314 g/mol. The zero-order valence-electron chi connectivity index (χ0n) is 11.4. The molecule has 1 aliphatic heterocycles. The van der Waals surface area contributed by atoms with E-state index in [-0.39, 0.29) is 24.8 Å². The lowest BCUT2D eigenvalue weighted by Gasteiger charge is -2.19. The second kappa shape index (κ2) is 5.80. The minimum absolute atomic E-state index is 0.0504. The van der Waals surface area contributed by atoms with Gasteiger partial charge >= 0.3 is 10.2 Å². The van der Waals surface area contributed by atoms with Crippen molar-refractivity contribution in [2.24, 2.45) is 5.92 Å². The van der Waals surface area contributed by atoms with E-state index in [0.717, 1.165) is 0 Å². The van der Waals surface area contributed by atoms with Crippen molar-refractivity contribution in [1.82, 2.24) is 5.32 Å². The summed E-state index contributed by atoms with van der Waals surface area (Å²) in [6.45, 7) is 0.0794. The fourth-order valence-electron chi connectivity index (χ4n) is 2.44. The summed E-state index contributed by atoms with van der Waals surface area (Å²) in [5.74, 6) is -1.96. The lowest BCUT2D eigenvalue weighted by Crippen LogP contribution is -2.29. The molecule has 1 N–H and O–H groups in total. The van der Waals surface area contributed by atoms with E-state index in [9.17, 15) is 21.9 Å². The lowest BCUT2D eigenvalue weighted by molar-refractivity contribution is -0.117. The average molecular weight is 314 g/mol. The van der Waals surface area contributed by atoms with Crippen LogP contribution in [-0.4, -0.2) is 39.6 Å². The molecule has 1 saturated heterocycles. The minimum atomic E-state index is -4.63. The van der Waals surface area contributed by atoms with E-state index < -0.39 is 21.9 Å². The summed E-state index contributed by atoms with van der Waals surface area (Å²) in [7, 11) is -3.15. The van der Waals surface area contributed by atoms with Gasteiger partial charge in [-0.1, -0.05) is 12.1 Å². The van der Waals surface area contributed by atoms with E-state index in [1.54, 1.807) is 24.3 Å². The average Bonchev–Trinajstić information content (AvgIpc) is 2.76. The zero-order chi connectivity index (χ0) is 15.6. The quantitative estimate of drug-likeness (QED) is 0.829. The van der Waals surface area contributed by atoms with Crippen LogP contribution >= 0.6 is 0 Å². The second-order valence-electron chi connectivity index (χ2n) is 4.88. The number of rotatable bonds is 4. The summed E-state index contributed by atoms with van der Waals surface area (Å²) in [5, 5.41) is 2.48. The van der Waals surface area contributed by atoms with Crippen molar-refractivity contribution in [2.75, 3.05) is 24.2 Å². The van der Waals surface area contributed by atoms with Gasteiger partial charge in [0, 0.05) is 25.9 Å². The van der Waals surface area contributed by atoms with Gasteiger partial charge in [0.2, 0.25) is 5.91 Å². The number of halogens is 1. The first-order chi connectivity index (χ1) is 9.81. The van der Waals surface area contributed by atoms with Crippen molar-refractivity contribution < 1.29 is 21.9 Å². The Labute approximate surface area is 122 Å². The second-order valence-corrected chi connectivity index (χ2v) is 6.29. The molecular formula is C13H15FN2O4S. The number of hydrogen-bond donors (Lipinski definition) is 1. The van der Waals surface area contributed by atoms with Crippen LogP contribution in [0.1, 0.15) is 16.8 Å². The fourth-order valence-corrected chi connectivity index (χ4v) is 3.23. The highest BCUT2D eigenvalue weighted by Crippen LogP contribution is 2.29. The Morgan fingerprint density at radius 3 is 2.71 bits per heavy atom. The van der Waals surface area contributed by atoms with Gasteiger partial charge in [-0.15, -0.1) is 3.89 Å². The molecule has 8 heteroatoms. The summed E-state index contributed by atoms with van der Waals surface area (Å²) in [5.41, 5.74) is 0.720. The first-order valence-corrected chi connectivity index (χ1v) is 7.91. The summed E-state index contributed by atoms with van der Waals surface area (Å²) in [6, 6.07) is 6.52. The Bertz CT molecular complexity index is 675. The number of para-hydroxylation sites is 1. The van der Waals surface area contributed by atoms with Crippen molar-refractivity contribution in [1.29, 1.82) is 0 Å². The standard InChI is InChI=1S/C13H15FN2O4S/c1-15-13(18)10-4-2-3-5-11(10)16-7-9(6-12(16)17)8-21(14,19)20/h2-5,9H,6-8H2,1H3,(H,15,18). The van der Waals surface area contributed by atoms with Crippen LogP contribution in [0.4, 0.5) is 9.57 Å². The van der Waals surface area contributed by atoms with Crippen LogP contribution in [0.25, 0.3) is 0 Å². The van der Waals surface area contributed by atoms with E-state index >= 15 is 0 Å². The van der Waals surface area contributed by atoms with E-state index in [4.69, 9.17) is 0 Å². The van der Waals surface area contributed by atoms with Crippen LogP contribution in [0.2, 0.25) is 0 Å². The molecule has 2 amide bonds. The maximum Gasteiger partial charge on any atom is 0.302 e. The molecule has 0 bridgehead atoms. The molecule has 1 fully saturated rings. The number of carbonyl (C=O) groups excluding carboxylic acids is 2. The van der Waals surface area contributed by atoms with Crippen LogP contribution in [-0.2, 0) is 15.0 Å². The summed E-state index contributed by atoms with van der Waals surface area (Å²) >= 11 is 0. The normalized spacial score (nSPS) is 18.9. The largest absolute Gasteiger partial charge is 0.355 e. The fraction of sp³-hybridized carbons (Fsp3) is 0.385. The van der Waals surface area contributed by atoms with Gasteiger partial charge in [-0.05, 0) is 12.1 Å². The number of hydrogen-bond acceptors (Lipinski definition) is 4. The van der Waals surface area contributed by atoms with Gasteiger partial charge in [0.25, 0.3) is 5.91 Å². The third kappa shape index (κ3) is 3.57. The molecule has 1 atom stereocenters. The van der Waals surface area contributed by atoms with Gasteiger partial charge in [-0.25, -0.2) is 0 Å². The van der Waals surface area contributed by atoms with E-state index in [0.29, 0.717) is 11.3 Å². The predicted molar refractivity (Wildman–Crippen MR) is 75.2 cm³/mol. The van der Waals surface area contributed by atoms with Gasteiger partial charge in [-0.2, -0.15) is 8.42 Å². The molecule has 6 nitrogen and oxygen atoms in total. The summed E-state index contributed by atoms with van der Waals surface area (Å²) < 4.78 is 34.1. The molecular weight excluding hydrogens is 299 g/mol. The molecule has 1 aromatic carbocycles. The van der Waals surface area contributed by atoms with Crippen molar-refractivity contribution in [2.45, 2.75) is 6.42 Å². The first kappa shape index (κ1) is 15.4. The number of nitrogens with zero attached hydrogens (tertiary/aromatic N) is 1. The molecule has 1 aliphatic rings. The van der Waals surface area contributed by atoms with Crippen molar-refractivity contribution >= 4 is 27.7 Å². The smallest absolute Gasteiger partial charge is 0.302 e. The SMILES string of the molecule is CNC(=O)c1ccccc1N1CC(CS(=O)(=O)F)CC1=O. The predicted octanol–water partition coefficient (Wildman–Crippen LogP) is 0.698. The zero-order valence-corrected chi connectivity index (χ0v) is 12.2. The summed E-state index contributed by atoms with van der Waals surface area (Å²) in [4.78, 5) is 25.1. The highest BCUT2D eigenvalue weighted by Gasteiger charge is 2.35. The maximum absolute atomic E-state index is 12.7. The lowest BCUT2D eigenvalue weighted by atomic mass is 10.1. The minimum Gasteiger partial charge on any atom is -0.355 e. The highest BCUT2D eigenvalue weighted by molar-refractivity contribution is 7.86. The summed E-state index contributed by atoms with van der Waals surface area (Å²) in [6.07, 6.45) is -0.0504. The van der Waals surface area contributed by atoms with E-state index in [2.05, 4.69) is 5.32 Å². The Balaban J connectivity index is 2.27. The van der Waals surface area contributed by atoms with Crippen LogP contribution in [0.5, 0.6) is 0 Å². The number of anilines is 1. The molecule has 1 aromatic rings. The van der Waals surface area contributed by atoms with Crippen molar-refractivity contribution in [3.63, 3.8) is 0 Å². The Morgan fingerprint density at radius 2 is 2.10 bits per heavy atom. The van der Waals surface area contributed by atoms with E-state index in [1.807, 2.05) is 0 Å². The molecule has 0 spiro atoms. The third-order valence-corrected chi connectivity index (χ3v) is 4.18. The number of nitrogens with one attached hydrogen (secondary N) is 1. The molecule has 1 unspecified atom stereocenters. The van der Waals surface area contributed by atoms with Gasteiger partial charge in [-0.3, -0.25) is 9.59 Å². The van der Waals surface area contributed by atoms with Gasteiger partial charge in [0.1, 0.15) is 0 Å². The molecule has 2 rings (SSSR count). The Hall–Kier alpha value is -1.96. The molecule has 0 aromatic heterocycles. The number of amides is 2. The van der Waals surface area contributed by atoms with Crippen LogP contribution in [0.15, 0.2) is 24.3 Å². The molecule has 0 saturated carbocycles. The molecule has 114 valence electrons. The third-order valence-electron chi connectivity index (χ3n) is 3.31. The molecule has 0 radical (unpaired) electrons. The van der Waals surface area contributed by atoms with Crippen molar-refractivity contribution in [3.8, 4) is 0 Å². The van der Waals surface area contributed by atoms with Crippen LogP contribution in [0.3, 0.4) is 0 Å². The van der Waals surface area contributed by atoms with Gasteiger partial charge in [0.15, 0.2) is 0 Å². The van der Waals surface area contributed by atoms with Crippen molar-refractivity contribution in [3.05, 3.63) is 29.8 Å². The van der Waals surface area contributed by atoms with Crippen LogP contribution < -0.4 is 10.2 Å². The van der Waals surface area contributed by atoms with Gasteiger partial charge < -0.3 is 10.2 Å². The number of carbonyl (C=O) groups is 2. The first-order valence-electron chi connectivity index (χ1n) is 6.35. The van der Waals surface area contributed by atoms with E-state index in [1.165, 1.54) is 11.9 Å². The molecule has 1 heterocycles. The Kier molecular flexibility index (Phi) is 4.26. The molecule has 21 heavy (non-hydrogen) atoms. The highest BCUT2D eigenvalue weighted by atomic mass is 32.3.